The van der Waals surface area contributed by atoms with Gasteiger partial charge in [-0.15, -0.1) is 0 Å². The van der Waals surface area contributed by atoms with Gasteiger partial charge in [0, 0.05) is 11.5 Å². The summed E-state index contributed by atoms with van der Waals surface area (Å²) in [7, 11) is 0. The Morgan fingerprint density at radius 2 is 2.07 bits per heavy atom. The molecule has 0 unspecified atom stereocenters. The Hall–Kier alpha value is -2.10. The Kier molecular flexibility index (Phi) is 1.81. The zero-order chi connectivity index (χ0) is 10.1. The van der Waals surface area contributed by atoms with E-state index in [1.165, 1.54) is 6.07 Å². The molecule has 4 nitrogen and oxygen atoms in total. The Bertz CT molecular complexity index is 508. The van der Waals surface area contributed by atoms with Crippen LogP contribution in [0.15, 0.2) is 30.3 Å². The maximum absolute atomic E-state index is 11.1. The Balaban J connectivity index is 2.87. The second-order valence-corrected chi connectivity index (χ2v) is 2.91. The number of fused-ring (bicyclic) bond motifs is 1. The van der Waals surface area contributed by atoms with Gasteiger partial charge in [-0.05, 0) is 6.07 Å². The molecule has 0 saturated heterocycles. The van der Waals surface area contributed by atoms with Gasteiger partial charge in [0.2, 0.25) is 11.8 Å². The molecular formula is C10H8N2O2. The molecule has 0 atom stereocenters. The molecule has 0 aliphatic heterocycles. The smallest absolute Gasteiger partial charge is 0.249 e. The molecule has 1 aromatic heterocycles. The SMILES string of the molecule is NC(=O)c1cc(O)nc2ccccc12. The number of carbonyl (C=O) groups excluding carboxylic acids is 1. The van der Waals surface area contributed by atoms with Gasteiger partial charge >= 0.3 is 0 Å². The van der Waals surface area contributed by atoms with Gasteiger partial charge in [0.05, 0.1) is 11.1 Å². The fourth-order valence-corrected chi connectivity index (χ4v) is 1.37. The summed E-state index contributed by atoms with van der Waals surface area (Å²) in [5, 5.41) is 9.89. The first-order valence-corrected chi connectivity index (χ1v) is 4.07. The lowest BCUT2D eigenvalue weighted by molar-refractivity contribution is 0.100. The molecule has 3 N–H and O–H groups in total. The summed E-state index contributed by atoms with van der Waals surface area (Å²) < 4.78 is 0. The molecule has 70 valence electrons. The van der Waals surface area contributed by atoms with Crippen molar-refractivity contribution in [1.82, 2.24) is 4.98 Å². The number of pyridine rings is 1. The predicted octanol–water partition coefficient (Wildman–Crippen LogP) is 1.04. The molecule has 0 aliphatic rings. The van der Waals surface area contributed by atoms with Crippen LogP contribution in [-0.2, 0) is 0 Å². The van der Waals surface area contributed by atoms with Gasteiger partial charge in [0.25, 0.3) is 0 Å². The highest BCUT2D eigenvalue weighted by molar-refractivity contribution is 6.05. The number of aromatic hydroxyl groups is 1. The van der Waals surface area contributed by atoms with Crippen LogP contribution in [0.25, 0.3) is 10.9 Å². The third-order valence-electron chi connectivity index (χ3n) is 1.97. The first kappa shape index (κ1) is 8.50. The summed E-state index contributed by atoms with van der Waals surface area (Å²) in [6.07, 6.45) is 0. The summed E-state index contributed by atoms with van der Waals surface area (Å²) >= 11 is 0. The molecule has 14 heavy (non-hydrogen) atoms. The molecule has 2 rings (SSSR count). The van der Waals surface area contributed by atoms with E-state index in [-0.39, 0.29) is 11.4 Å². The second kappa shape index (κ2) is 2.99. The van der Waals surface area contributed by atoms with Gasteiger partial charge in [-0.25, -0.2) is 4.98 Å². The van der Waals surface area contributed by atoms with E-state index in [9.17, 15) is 9.90 Å². The van der Waals surface area contributed by atoms with Crippen molar-refractivity contribution < 1.29 is 9.90 Å². The number of carbonyl (C=O) groups is 1. The Morgan fingerprint density at radius 1 is 1.36 bits per heavy atom. The highest BCUT2D eigenvalue weighted by atomic mass is 16.3. The second-order valence-electron chi connectivity index (χ2n) is 2.91. The Morgan fingerprint density at radius 3 is 2.79 bits per heavy atom. The van der Waals surface area contributed by atoms with Crippen LogP contribution >= 0.6 is 0 Å². The molecule has 0 fully saturated rings. The van der Waals surface area contributed by atoms with E-state index in [0.717, 1.165) is 0 Å². The van der Waals surface area contributed by atoms with Crippen molar-refractivity contribution in [3.8, 4) is 5.88 Å². The quantitative estimate of drug-likeness (QED) is 0.701. The van der Waals surface area contributed by atoms with Gasteiger partial charge < -0.3 is 10.8 Å². The zero-order valence-corrected chi connectivity index (χ0v) is 7.27. The summed E-state index contributed by atoms with van der Waals surface area (Å²) in [6, 6.07) is 8.28. The fourth-order valence-electron chi connectivity index (χ4n) is 1.37. The van der Waals surface area contributed by atoms with Crippen LogP contribution in [0.4, 0.5) is 0 Å². The largest absolute Gasteiger partial charge is 0.493 e. The highest BCUT2D eigenvalue weighted by Crippen LogP contribution is 2.20. The van der Waals surface area contributed by atoms with Crippen LogP contribution in [-0.4, -0.2) is 16.0 Å². The molecule has 0 spiro atoms. The van der Waals surface area contributed by atoms with Crippen molar-refractivity contribution in [2.45, 2.75) is 0 Å². The van der Waals surface area contributed by atoms with Gasteiger partial charge in [-0.2, -0.15) is 0 Å². The van der Waals surface area contributed by atoms with Gasteiger partial charge in [0.1, 0.15) is 0 Å². The lowest BCUT2D eigenvalue weighted by atomic mass is 10.1. The van der Waals surface area contributed by atoms with Crippen LogP contribution in [0.2, 0.25) is 0 Å². The van der Waals surface area contributed by atoms with Crippen molar-refractivity contribution >= 4 is 16.8 Å². The van der Waals surface area contributed by atoms with E-state index in [1.54, 1.807) is 24.3 Å². The van der Waals surface area contributed by atoms with E-state index < -0.39 is 5.91 Å². The molecular weight excluding hydrogens is 180 g/mol. The third-order valence-corrected chi connectivity index (χ3v) is 1.97. The number of rotatable bonds is 1. The number of amides is 1. The van der Waals surface area contributed by atoms with E-state index in [2.05, 4.69) is 4.98 Å². The molecule has 1 amide bonds. The molecule has 0 saturated carbocycles. The first-order chi connectivity index (χ1) is 6.68. The standard InChI is InChI=1S/C10H8N2O2/c11-10(14)7-5-9(13)12-8-4-2-1-3-6(7)8/h1-5H,(H2,11,14)(H,12,13). The van der Waals surface area contributed by atoms with Crippen LogP contribution in [0.1, 0.15) is 10.4 Å². The van der Waals surface area contributed by atoms with E-state index in [0.29, 0.717) is 10.9 Å². The predicted molar refractivity (Wildman–Crippen MR) is 51.9 cm³/mol. The van der Waals surface area contributed by atoms with Crippen molar-refractivity contribution in [2.24, 2.45) is 5.73 Å². The number of aromatic nitrogens is 1. The number of hydrogen-bond acceptors (Lipinski definition) is 3. The average Bonchev–Trinajstić information content (AvgIpc) is 2.16. The van der Waals surface area contributed by atoms with Crippen LogP contribution in [0.5, 0.6) is 5.88 Å². The molecule has 1 aromatic carbocycles. The van der Waals surface area contributed by atoms with E-state index >= 15 is 0 Å². The van der Waals surface area contributed by atoms with Crippen molar-refractivity contribution in [3.05, 3.63) is 35.9 Å². The topological polar surface area (TPSA) is 76.2 Å². The van der Waals surface area contributed by atoms with Crippen molar-refractivity contribution in [2.75, 3.05) is 0 Å². The summed E-state index contributed by atoms with van der Waals surface area (Å²) in [6.45, 7) is 0. The minimum absolute atomic E-state index is 0.197. The normalized spacial score (nSPS) is 10.3. The molecule has 4 heteroatoms. The fraction of sp³-hybridized carbons (Fsp3) is 0. The Labute approximate surface area is 80.0 Å². The molecule has 2 aromatic rings. The number of benzene rings is 1. The zero-order valence-electron chi connectivity index (χ0n) is 7.27. The van der Waals surface area contributed by atoms with Gasteiger partial charge in [0.15, 0.2) is 0 Å². The van der Waals surface area contributed by atoms with Crippen LogP contribution < -0.4 is 5.73 Å². The van der Waals surface area contributed by atoms with Gasteiger partial charge in [-0.3, -0.25) is 4.79 Å². The van der Waals surface area contributed by atoms with E-state index in [4.69, 9.17) is 5.73 Å². The number of hydrogen-bond donors (Lipinski definition) is 2. The van der Waals surface area contributed by atoms with E-state index in [1.807, 2.05) is 0 Å². The van der Waals surface area contributed by atoms with Crippen molar-refractivity contribution in [3.63, 3.8) is 0 Å². The minimum atomic E-state index is -0.570. The maximum atomic E-state index is 11.1. The third kappa shape index (κ3) is 1.26. The monoisotopic (exact) mass is 188 g/mol. The number of nitrogens with zero attached hydrogens (tertiary/aromatic N) is 1. The summed E-state index contributed by atoms with van der Waals surface area (Å²) in [5.74, 6) is -0.767. The number of para-hydroxylation sites is 1. The number of primary amides is 1. The number of nitrogens with two attached hydrogens (primary N) is 1. The molecule has 0 aliphatic carbocycles. The maximum Gasteiger partial charge on any atom is 0.249 e. The first-order valence-electron chi connectivity index (χ1n) is 4.07. The highest BCUT2D eigenvalue weighted by Gasteiger charge is 2.08. The summed E-state index contributed by atoms with van der Waals surface area (Å²) in [4.78, 5) is 14.9. The van der Waals surface area contributed by atoms with Crippen molar-refractivity contribution in [1.29, 1.82) is 0 Å². The van der Waals surface area contributed by atoms with Gasteiger partial charge in [-0.1, -0.05) is 18.2 Å². The average molecular weight is 188 g/mol. The minimum Gasteiger partial charge on any atom is -0.493 e. The van der Waals surface area contributed by atoms with Crippen LogP contribution in [0, 0.1) is 0 Å². The van der Waals surface area contributed by atoms with Crippen LogP contribution in [0.3, 0.4) is 0 Å². The summed E-state index contributed by atoms with van der Waals surface area (Å²) in [5.41, 5.74) is 6.01. The molecule has 0 bridgehead atoms. The lowest BCUT2D eigenvalue weighted by Crippen LogP contribution is -2.11. The molecule has 0 radical (unpaired) electrons. The lowest BCUT2D eigenvalue weighted by Gasteiger charge is -2.02. The molecule has 1 heterocycles.